The van der Waals surface area contributed by atoms with Gasteiger partial charge in [0.15, 0.2) is 0 Å². The van der Waals surface area contributed by atoms with Crippen molar-refractivity contribution in [2.45, 2.75) is 19.1 Å². The van der Waals surface area contributed by atoms with Crippen molar-refractivity contribution in [1.29, 1.82) is 0 Å². The zero-order valence-electron chi connectivity index (χ0n) is 13.3. The van der Waals surface area contributed by atoms with Crippen LogP contribution in [-0.4, -0.2) is 26.2 Å². The monoisotopic (exact) mass is 315 g/mol. The Morgan fingerprint density at radius 3 is 2.48 bits per heavy atom. The second kappa shape index (κ2) is 8.19. The number of methoxy groups -OCH3 is 2. The third-order valence-electron chi connectivity index (χ3n) is 3.47. The van der Waals surface area contributed by atoms with E-state index >= 15 is 0 Å². The second-order valence-corrected chi connectivity index (χ2v) is 5.08. The van der Waals surface area contributed by atoms with Crippen LogP contribution in [-0.2, 0) is 22.6 Å². The number of benzene rings is 2. The van der Waals surface area contributed by atoms with E-state index in [9.17, 15) is 4.79 Å². The predicted molar refractivity (Wildman–Crippen MR) is 87.5 cm³/mol. The summed E-state index contributed by atoms with van der Waals surface area (Å²) < 4.78 is 15.7. The van der Waals surface area contributed by atoms with Crippen LogP contribution in [0.3, 0.4) is 0 Å². The lowest BCUT2D eigenvalue weighted by atomic mass is 10.1. The molecule has 2 aromatic rings. The maximum absolute atomic E-state index is 12.0. The third-order valence-corrected chi connectivity index (χ3v) is 3.47. The summed E-state index contributed by atoms with van der Waals surface area (Å²) in [5.74, 6) is 0.846. The van der Waals surface area contributed by atoms with Crippen molar-refractivity contribution < 1.29 is 19.0 Å². The first-order chi connectivity index (χ1) is 11.1. The van der Waals surface area contributed by atoms with Gasteiger partial charge in [-0.15, -0.1) is 0 Å². The minimum Gasteiger partial charge on any atom is -0.497 e. The summed E-state index contributed by atoms with van der Waals surface area (Å²) in [6.45, 7) is 0.106. The van der Waals surface area contributed by atoms with Crippen LogP contribution in [0.15, 0.2) is 48.5 Å². The number of nitrogens with two attached hydrogens (primary N) is 1. The number of hydrogen-bond donors (Lipinski definition) is 1. The lowest BCUT2D eigenvalue weighted by molar-refractivity contribution is -0.146. The van der Waals surface area contributed by atoms with Crippen molar-refractivity contribution in [3.8, 4) is 11.5 Å². The second-order valence-electron chi connectivity index (χ2n) is 5.08. The van der Waals surface area contributed by atoms with Gasteiger partial charge in [-0.3, -0.25) is 4.79 Å². The van der Waals surface area contributed by atoms with E-state index in [2.05, 4.69) is 0 Å². The zero-order chi connectivity index (χ0) is 16.7. The Bertz CT molecular complexity index is 643. The van der Waals surface area contributed by atoms with Crippen LogP contribution >= 0.6 is 0 Å². The van der Waals surface area contributed by atoms with Gasteiger partial charge >= 0.3 is 5.97 Å². The lowest BCUT2D eigenvalue weighted by Gasteiger charge is -2.14. The van der Waals surface area contributed by atoms with E-state index in [0.29, 0.717) is 17.9 Å². The van der Waals surface area contributed by atoms with Crippen LogP contribution < -0.4 is 15.2 Å². The molecule has 0 spiro atoms. The molecule has 0 radical (unpaired) electrons. The Balaban J connectivity index is 1.93. The minimum absolute atomic E-state index is 0.106. The SMILES string of the molecule is COc1ccc(COC(=O)C(N)Cc2ccccc2)c(OC)c1. The molecule has 0 saturated carbocycles. The van der Waals surface area contributed by atoms with Gasteiger partial charge in [-0.2, -0.15) is 0 Å². The number of esters is 1. The normalized spacial score (nSPS) is 11.6. The highest BCUT2D eigenvalue weighted by Crippen LogP contribution is 2.25. The first-order valence-corrected chi connectivity index (χ1v) is 7.31. The molecule has 0 amide bonds. The van der Waals surface area contributed by atoms with Crippen LogP contribution in [0.25, 0.3) is 0 Å². The van der Waals surface area contributed by atoms with Gasteiger partial charge in [-0.1, -0.05) is 30.3 Å². The highest BCUT2D eigenvalue weighted by atomic mass is 16.5. The van der Waals surface area contributed by atoms with Gasteiger partial charge in [0.2, 0.25) is 0 Å². The maximum Gasteiger partial charge on any atom is 0.323 e. The molecule has 2 rings (SSSR count). The summed E-state index contributed by atoms with van der Waals surface area (Å²) >= 11 is 0. The molecule has 1 atom stereocenters. The van der Waals surface area contributed by atoms with E-state index in [4.69, 9.17) is 19.9 Å². The van der Waals surface area contributed by atoms with Crippen molar-refractivity contribution in [1.82, 2.24) is 0 Å². The van der Waals surface area contributed by atoms with Gasteiger partial charge in [0, 0.05) is 11.6 Å². The molecule has 2 N–H and O–H groups in total. The molecule has 0 fully saturated rings. The van der Waals surface area contributed by atoms with Crippen LogP contribution in [0, 0.1) is 0 Å². The van der Waals surface area contributed by atoms with E-state index in [1.54, 1.807) is 32.4 Å². The Morgan fingerprint density at radius 1 is 1.09 bits per heavy atom. The molecular formula is C18H21NO4. The summed E-state index contributed by atoms with van der Waals surface area (Å²) in [4.78, 5) is 12.0. The van der Waals surface area contributed by atoms with Crippen molar-refractivity contribution in [3.05, 3.63) is 59.7 Å². The Morgan fingerprint density at radius 2 is 1.83 bits per heavy atom. The summed E-state index contributed by atoms with van der Waals surface area (Å²) in [5.41, 5.74) is 7.66. The Kier molecular flexibility index (Phi) is 6.00. The van der Waals surface area contributed by atoms with E-state index in [1.165, 1.54) is 0 Å². The van der Waals surface area contributed by atoms with E-state index in [-0.39, 0.29) is 6.61 Å². The fourth-order valence-electron chi connectivity index (χ4n) is 2.18. The smallest absolute Gasteiger partial charge is 0.323 e. The van der Waals surface area contributed by atoms with Crippen molar-refractivity contribution in [3.63, 3.8) is 0 Å². The molecule has 23 heavy (non-hydrogen) atoms. The van der Waals surface area contributed by atoms with Gasteiger partial charge in [-0.25, -0.2) is 0 Å². The van der Waals surface area contributed by atoms with Gasteiger partial charge in [-0.05, 0) is 24.1 Å². The lowest BCUT2D eigenvalue weighted by Crippen LogP contribution is -2.34. The molecule has 0 aromatic heterocycles. The van der Waals surface area contributed by atoms with Crippen LogP contribution in [0.4, 0.5) is 0 Å². The quantitative estimate of drug-likeness (QED) is 0.794. The highest BCUT2D eigenvalue weighted by molar-refractivity contribution is 5.76. The number of carbonyl (C=O) groups is 1. The molecule has 0 heterocycles. The Hall–Kier alpha value is -2.53. The molecule has 2 aromatic carbocycles. The summed E-state index contributed by atoms with van der Waals surface area (Å²) in [6.07, 6.45) is 0.444. The van der Waals surface area contributed by atoms with Gasteiger partial charge in [0.1, 0.15) is 24.1 Å². The predicted octanol–water partition coefficient (Wildman–Crippen LogP) is 2.32. The average Bonchev–Trinajstić information content (AvgIpc) is 2.60. The van der Waals surface area contributed by atoms with E-state index in [0.717, 1.165) is 11.1 Å². The van der Waals surface area contributed by atoms with Crippen LogP contribution in [0.1, 0.15) is 11.1 Å². The van der Waals surface area contributed by atoms with Gasteiger partial charge in [0.05, 0.1) is 14.2 Å². The first-order valence-electron chi connectivity index (χ1n) is 7.31. The molecule has 0 aliphatic carbocycles. The van der Waals surface area contributed by atoms with E-state index < -0.39 is 12.0 Å². The summed E-state index contributed by atoms with van der Waals surface area (Å²) in [7, 11) is 3.14. The molecule has 0 aliphatic rings. The summed E-state index contributed by atoms with van der Waals surface area (Å²) in [5, 5.41) is 0. The summed E-state index contributed by atoms with van der Waals surface area (Å²) in [6, 6.07) is 14.2. The number of carbonyl (C=O) groups excluding carboxylic acids is 1. The molecule has 122 valence electrons. The molecule has 1 unspecified atom stereocenters. The molecule has 5 nitrogen and oxygen atoms in total. The number of hydrogen-bond acceptors (Lipinski definition) is 5. The minimum atomic E-state index is -0.693. The standard InChI is InChI=1S/C18H21NO4/c1-21-15-9-8-14(17(11-15)22-2)12-23-18(20)16(19)10-13-6-4-3-5-7-13/h3-9,11,16H,10,12,19H2,1-2H3. The first kappa shape index (κ1) is 16.8. The molecule has 0 saturated heterocycles. The topological polar surface area (TPSA) is 70.8 Å². The maximum atomic E-state index is 12.0. The largest absolute Gasteiger partial charge is 0.497 e. The van der Waals surface area contributed by atoms with Crippen LogP contribution in [0.5, 0.6) is 11.5 Å². The Labute approximate surface area is 136 Å². The zero-order valence-corrected chi connectivity index (χ0v) is 13.3. The average molecular weight is 315 g/mol. The van der Waals surface area contributed by atoms with Crippen molar-refractivity contribution in [2.24, 2.45) is 5.73 Å². The van der Waals surface area contributed by atoms with Crippen LogP contribution in [0.2, 0.25) is 0 Å². The molecule has 0 aliphatic heterocycles. The third kappa shape index (κ3) is 4.72. The highest BCUT2D eigenvalue weighted by Gasteiger charge is 2.16. The fourth-order valence-corrected chi connectivity index (χ4v) is 2.18. The van der Waals surface area contributed by atoms with Crippen molar-refractivity contribution >= 4 is 5.97 Å². The van der Waals surface area contributed by atoms with Gasteiger partial charge in [0.25, 0.3) is 0 Å². The fraction of sp³-hybridized carbons (Fsp3) is 0.278. The number of rotatable bonds is 7. The van der Waals surface area contributed by atoms with Gasteiger partial charge < -0.3 is 19.9 Å². The molecule has 0 bridgehead atoms. The van der Waals surface area contributed by atoms with E-state index in [1.807, 2.05) is 30.3 Å². The van der Waals surface area contributed by atoms with Crippen molar-refractivity contribution in [2.75, 3.05) is 14.2 Å². The molecule has 5 heteroatoms. The number of ether oxygens (including phenoxy) is 3. The molecular weight excluding hydrogens is 294 g/mol.